The maximum Gasteiger partial charge on any atom is 0.223 e. The molecule has 1 saturated carbocycles. The van der Waals surface area contributed by atoms with Crippen molar-refractivity contribution in [1.82, 2.24) is 5.32 Å². The molecule has 1 heterocycles. The minimum absolute atomic E-state index is 0.0584. The molecule has 0 aromatic heterocycles. The fourth-order valence-corrected chi connectivity index (χ4v) is 3.28. The summed E-state index contributed by atoms with van der Waals surface area (Å²) < 4.78 is 11.4. The van der Waals surface area contributed by atoms with E-state index in [-0.39, 0.29) is 24.0 Å². The molecule has 3 rings (SSSR count). The van der Waals surface area contributed by atoms with Crippen molar-refractivity contribution in [3.05, 3.63) is 29.3 Å². The van der Waals surface area contributed by atoms with Gasteiger partial charge in [0.15, 0.2) is 0 Å². The molecule has 1 aliphatic heterocycles. The quantitative estimate of drug-likeness (QED) is 0.870. The van der Waals surface area contributed by atoms with Gasteiger partial charge in [0.25, 0.3) is 0 Å². The van der Waals surface area contributed by atoms with Crippen molar-refractivity contribution < 1.29 is 14.3 Å². The summed E-state index contributed by atoms with van der Waals surface area (Å²) in [5.41, 5.74) is 8.05. The predicted octanol–water partition coefficient (Wildman–Crippen LogP) is 1.91. The van der Waals surface area contributed by atoms with Gasteiger partial charge in [-0.2, -0.15) is 0 Å². The maximum absolute atomic E-state index is 12.3. The highest BCUT2D eigenvalue weighted by atomic mass is 16.5. The Hall–Kier alpha value is -1.59. The number of amides is 1. The van der Waals surface area contributed by atoms with E-state index in [1.165, 1.54) is 0 Å². The van der Waals surface area contributed by atoms with Crippen LogP contribution in [0.3, 0.4) is 0 Å². The second-order valence-corrected chi connectivity index (χ2v) is 6.70. The van der Waals surface area contributed by atoms with Crippen LogP contribution in [0.5, 0.6) is 5.75 Å². The Morgan fingerprint density at radius 1 is 1.39 bits per heavy atom. The second kappa shape index (κ2) is 7.32. The zero-order valence-electron chi connectivity index (χ0n) is 13.7. The Morgan fingerprint density at radius 3 is 2.96 bits per heavy atom. The first-order chi connectivity index (χ1) is 11.1. The molecule has 5 heteroatoms. The summed E-state index contributed by atoms with van der Waals surface area (Å²) in [6.45, 7) is 3.93. The molecule has 0 radical (unpaired) electrons. The second-order valence-electron chi connectivity index (χ2n) is 6.70. The van der Waals surface area contributed by atoms with Gasteiger partial charge >= 0.3 is 0 Å². The number of ether oxygens (including phenoxy) is 2. The van der Waals surface area contributed by atoms with Crippen molar-refractivity contribution in [3.8, 4) is 5.75 Å². The number of benzene rings is 1. The lowest BCUT2D eigenvalue weighted by molar-refractivity contribution is -0.125. The Kier molecular flexibility index (Phi) is 5.18. The lowest BCUT2D eigenvalue weighted by Crippen LogP contribution is -2.30. The van der Waals surface area contributed by atoms with Crippen LogP contribution in [0.25, 0.3) is 0 Å². The smallest absolute Gasteiger partial charge is 0.223 e. The lowest BCUT2D eigenvalue weighted by Gasteiger charge is -2.17. The molecule has 0 unspecified atom stereocenters. The van der Waals surface area contributed by atoms with E-state index in [0.717, 1.165) is 49.2 Å². The summed E-state index contributed by atoms with van der Waals surface area (Å²) in [5, 5.41) is 3.04. The number of carbonyl (C=O) groups excluding carboxylic acids is 1. The van der Waals surface area contributed by atoms with E-state index >= 15 is 0 Å². The van der Waals surface area contributed by atoms with Crippen LogP contribution in [0, 0.1) is 12.8 Å². The molecule has 2 aliphatic rings. The number of hydrogen-bond acceptors (Lipinski definition) is 4. The number of nitrogens with one attached hydrogen (secondary N) is 1. The van der Waals surface area contributed by atoms with E-state index < -0.39 is 0 Å². The number of nitrogens with two attached hydrogens (primary N) is 1. The van der Waals surface area contributed by atoms with Gasteiger partial charge in [-0.25, -0.2) is 0 Å². The van der Waals surface area contributed by atoms with E-state index in [9.17, 15) is 4.79 Å². The number of hydrogen-bond donors (Lipinski definition) is 2. The molecule has 3 atom stereocenters. The van der Waals surface area contributed by atoms with Crippen LogP contribution in [0.4, 0.5) is 0 Å². The van der Waals surface area contributed by atoms with Crippen LogP contribution in [0.1, 0.15) is 36.8 Å². The normalized spacial score (nSPS) is 27.1. The summed E-state index contributed by atoms with van der Waals surface area (Å²) in [7, 11) is 0. The molecule has 1 aliphatic carbocycles. The molecule has 1 amide bonds. The van der Waals surface area contributed by atoms with Crippen molar-refractivity contribution in [2.45, 2.75) is 51.3 Å². The van der Waals surface area contributed by atoms with Crippen molar-refractivity contribution >= 4 is 5.91 Å². The molecule has 1 aromatic carbocycles. The lowest BCUT2D eigenvalue weighted by atomic mass is 10.1. The third-order valence-electron chi connectivity index (χ3n) is 4.70. The van der Waals surface area contributed by atoms with Crippen molar-refractivity contribution in [2.75, 3.05) is 13.2 Å². The van der Waals surface area contributed by atoms with E-state index in [1.807, 2.05) is 25.1 Å². The van der Waals surface area contributed by atoms with Crippen LogP contribution in [0.2, 0.25) is 0 Å². The van der Waals surface area contributed by atoms with Crippen LogP contribution in [-0.2, 0) is 16.1 Å². The summed E-state index contributed by atoms with van der Waals surface area (Å²) in [5.74, 6) is 1.01. The van der Waals surface area contributed by atoms with E-state index in [1.54, 1.807) is 0 Å². The molecule has 23 heavy (non-hydrogen) atoms. The molecule has 2 fully saturated rings. The molecule has 126 valence electrons. The van der Waals surface area contributed by atoms with Crippen LogP contribution in [0.15, 0.2) is 18.2 Å². The van der Waals surface area contributed by atoms with Gasteiger partial charge in [-0.15, -0.1) is 0 Å². The molecule has 5 nitrogen and oxygen atoms in total. The first kappa shape index (κ1) is 16.3. The Bertz CT molecular complexity index is 555. The highest BCUT2D eigenvalue weighted by Gasteiger charge is 2.27. The Balaban J connectivity index is 1.61. The SMILES string of the molecule is Cc1ccc(CNC(=O)[C@@H]2CC[C@@H](N)C2)c(O[C@H]2CCOC2)c1. The van der Waals surface area contributed by atoms with Gasteiger partial charge in [0.1, 0.15) is 11.9 Å². The fraction of sp³-hybridized carbons (Fsp3) is 0.611. The number of aryl methyl sites for hydroxylation is 1. The molecular formula is C18H26N2O3. The first-order valence-corrected chi connectivity index (χ1v) is 8.49. The Labute approximate surface area is 137 Å². The zero-order chi connectivity index (χ0) is 16.2. The maximum atomic E-state index is 12.3. The van der Waals surface area contributed by atoms with Gasteiger partial charge in [0.2, 0.25) is 5.91 Å². The van der Waals surface area contributed by atoms with Gasteiger partial charge in [-0.05, 0) is 37.8 Å². The molecule has 3 N–H and O–H groups in total. The van der Waals surface area contributed by atoms with Crippen molar-refractivity contribution in [3.63, 3.8) is 0 Å². The summed E-state index contributed by atoms with van der Waals surface area (Å²) in [6, 6.07) is 6.28. The molecule has 0 bridgehead atoms. The van der Waals surface area contributed by atoms with Crippen LogP contribution >= 0.6 is 0 Å². The topological polar surface area (TPSA) is 73.6 Å². The predicted molar refractivity (Wildman–Crippen MR) is 88.2 cm³/mol. The van der Waals surface area contributed by atoms with Crippen molar-refractivity contribution in [1.29, 1.82) is 0 Å². The van der Waals surface area contributed by atoms with Gasteiger partial charge in [0, 0.05) is 30.5 Å². The van der Waals surface area contributed by atoms with E-state index in [4.69, 9.17) is 15.2 Å². The fourth-order valence-electron chi connectivity index (χ4n) is 3.28. The van der Waals surface area contributed by atoms with Crippen molar-refractivity contribution in [2.24, 2.45) is 11.7 Å². The van der Waals surface area contributed by atoms with Gasteiger partial charge in [-0.3, -0.25) is 4.79 Å². The van der Waals surface area contributed by atoms with Crippen LogP contribution in [-0.4, -0.2) is 31.3 Å². The highest BCUT2D eigenvalue weighted by molar-refractivity contribution is 5.79. The molecule has 1 aromatic rings. The van der Waals surface area contributed by atoms with Gasteiger partial charge in [0.05, 0.1) is 13.2 Å². The Morgan fingerprint density at radius 2 is 2.26 bits per heavy atom. The third-order valence-corrected chi connectivity index (χ3v) is 4.70. The number of rotatable bonds is 5. The zero-order valence-corrected chi connectivity index (χ0v) is 13.7. The van der Waals surface area contributed by atoms with Gasteiger partial charge in [-0.1, -0.05) is 12.1 Å². The number of carbonyl (C=O) groups is 1. The average molecular weight is 318 g/mol. The highest BCUT2D eigenvalue weighted by Crippen LogP contribution is 2.26. The van der Waals surface area contributed by atoms with E-state index in [0.29, 0.717) is 13.2 Å². The largest absolute Gasteiger partial charge is 0.488 e. The average Bonchev–Trinajstić information content (AvgIpc) is 3.18. The summed E-state index contributed by atoms with van der Waals surface area (Å²) in [6.07, 6.45) is 3.66. The van der Waals surface area contributed by atoms with Gasteiger partial charge < -0.3 is 20.5 Å². The minimum atomic E-state index is 0.0584. The molecular weight excluding hydrogens is 292 g/mol. The summed E-state index contributed by atoms with van der Waals surface area (Å²) in [4.78, 5) is 12.3. The standard InChI is InChI=1S/C18H26N2O3/c1-12-2-3-14(17(8-12)23-16-6-7-22-11-16)10-20-18(21)13-4-5-15(19)9-13/h2-3,8,13,15-16H,4-7,9-11,19H2,1H3,(H,20,21)/t13-,15-,16+/m1/s1. The minimum Gasteiger partial charge on any atom is -0.488 e. The monoisotopic (exact) mass is 318 g/mol. The summed E-state index contributed by atoms with van der Waals surface area (Å²) >= 11 is 0. The van der Waals surface area contributed by atoms with Crippen LogP contribution < -0.4 is 15.8 Å². The molecule has 0 spiro atoms. The van der Waals surface area contributed by atoms with E-state index in [2.05, 4.69) is 5.32 Å². The first-order valence-electron chi connectivity index (χ1n) is 8.49. The third kappa shape index (κ3) is 4.24. The molecule has 1 saturated heterocycles.